The molecule has 2 bridgehead atoms. The van der Waals surface area contributed by atoms with Crippen molar-refractivity contribution >= 4 is 11.9 Å². The number of ether oxygens (including phenoxy) is 5. The summed E-state index contributed by atoms with van der Waals surface area (Å²) in [6.07, 6.45) is 9.45. The molecular formula is C29H38O9. The van der Waals surface area contributed by atoms with Crippen molar-refractivity contribution in [3.05, 3.63) is 47.6 Å². The van der Waals surface area contributed by atoms with Crippen LogP contribution in [-0.4, -0.2) is 84.7 Å². The molecule has 2 aliphatic carbocycles. The normalized spacial score (nSPS) is 45.3. The van der Waals surface area contributed by atoms with Crippen LogP contribution in [0.5, 0.6) is 0 Å². The first kappa shape index (κ1) is 27.3. The number of carbonyl (C=O) groups is 2. The highest BCUT2D eigenvalue weighted by Crippen LogP contribution is 2.72. The van der Waals surface area contributed by atoms with E-state index in [1.165, 1.54) is 17.7 Å². The highest BCUT2D eigenvalue weighted by atomic mass is 16.6. The van der Waals surface area contributed by atoms with Crippen molar-refractivity contribution in [2.75, 3.05) is 26.4 Å². The molecular weight excluding hydrogens is 492 g/mol. The van der Waals surface area contributed by atoms with Crippen molar-refractivity contribution in [3.8, 4) is 0 Å². The lowest BCUT2D eigenvalue weighted by atomic mass is 9.51. The maximum absolute atomic E-state index is 13.0. The van der Waals surface area contributed by atoms with Crippen LogP contribution >= 0.6 is 0 Å². The van der Waals surface area contributed by atoms with Crippen molar-refractivity contribution in [1.29, 1.82) is 0 Å². The number of hydrogen-bond donors (Lipinski definition) is 2. The molecule has 9 heteroatoms. The largest absolute Gasteiger partial charge is 0.462 e. The summed E-state index contributed by atoms with van der Waals surface area (Å²) in [5, 5.41) is 19.9. The van der Waals surface area contributed by atoms with Crippen LogP contribution in [0.4, 0.5) is 0 Å². The van der Waals surface area contributed by atoms with Crippen molar-refractivity contribution in [2.45, 2.75) is 82.6 Å². The van der Waals surface area contributed by atoms with Crippen molar-refractivity contribution in [2.24, 2.45) is 10.8 Å². The Kier molecular flexibility index (Phi) is 7.43. The predicted octanol–water partition coefficient (Wildman–Crippen LogP) is 2.32. The Morgan fingerprint density at radius 1 is 1.13 bits per heavy atom. The maximum atomic E-state index is 13.0. The summed E-state index contributed by atoms with van der Waals surface area (Å²) < 4.78 is 30.4. The van der Waals surface area contributed by atoms with Gasteiger partial charge in [0.25, 0.3) is 0 Å². The van der Waals surface area contributed by atoms with Gasteiger partial charge in [-0.05, 0) is 38.7 Å². The molecule has 1 unspecified atom stereocenters. The number of esters is 2. The fraction of sp³-hybridized carbons (Fsp3) is 0.655. The molecule has 0 amide bonds. The Hall–Kier alpha value is -2.30. The van der Waals surface area contributed by atoms with E-state index in [1.807, 2.05) is 0 Å². The number of epoxide rings is 1. The zero-order valence-electron chi connectivity index (χ0n) is 22.3. The Balaban J connectivity index is 1.52. The molecule has 9 nitrogen and oxygen atoms in total. The van der Waals surface area contributed by atoms with Gasteiger partial charge in [-0.25, -0.2) is 9.59 Å². The number of hydrogen-bond acceptors (Lipinski definition) is 9. The van der Waals surface area contributed by atoms with Gasteiger partial charge in [-0.1, -0.05) is 36.8 Å². The number of aliphatic hydroxyl groups excluding tert-OH is 2. The van der Waals surface area contributed by atoms with E-state index in [-0.39, 0.29) is 32.0 Å². The van der Waals surface area contributed by atoms with Gasteiger partial charge in [0.05, 0.1) is 43.5 Å². The molecule has 3 fully saturated rings. The fourth-order valence-electron chi connectivity index (χ4n) is 6.91. The van der Waals surface area contributed by atoms with Gasteiger partial charge >= 0.3 is 11.9 Å². The highest BCUT2D eigenvalue weighted by Gasteiger charge is 2.83. The van der Waals surface area contributed by atoms with Crippen LogP contribution in [0, 0.1) is 10.8 Å². The molecule has 5 rings (SSSR count). The van der Waals surface area contributed by atoms with E-state index in [0.717, 1.165) is 6.42 Å². The van der Waals surface area contributed by atoms with E-state index in [9.17, 15) is 19.8 Å². The van der Waals surface area contributed by atoms with Gasteiger partial charge in [-0.3, -0.25) is 0 Å². The van der Waals surface area contributed by atoms with Crippen molar-refractivity contribution < 1.29 is 43.5 Å². The first-order valence-electron chi connectivity index (χ1n) is 13.4. The second-order valence-corrected chi connectivity index (χ2v) is 11.4. The first-order valence-corrected chi connectivity index (χ1v) is 13.4. The molecule has 1 saturated carbocycles. The summed E-state index contributed by atoms with van der Waals surface area (Å²) in [6, 6.07) is 0. The summed E-state index contributed by atoms with van der Waals surface area (Å²) in [5.74, 6) is -1.05. The lowest BCUT2D eigenvalue weighted by Crippen LogP contribution is -2.66. The number of carbonyl (C=O) groups excluding carboxylic acids is 2. The van der Waals surface area contributed by atoms with Gasteiger partial charge in [-0.2, -0.15) is 0 Å². The molecule has 0 aromatic heterocycles. The van der Waals surface area contributed by atoms with Gasteiger partial charge in [-0.15, -0.1) is 0 Å². The summed E-state index contributed by atoms with van der Waals surface area (Å²) in [4.78, 5) is 25.9. The van der Waals surface area contributed by atoms with E-state index in [2.05, 4.69) is 19.9 Å². The monoisotopic (exact) mass is 530 g/mol. The predicted molar refractivity (Wildman–Crippen MR) is 136 cm³/mol. The summed E-state index contributed by atoms with van der Waals surface area (Å²) in [5.41, 5.74) is -0.225. The lowest BCUT2D eigenvalue weighted by molar-refractivity contribution is -0.232. The Morgan fingerprint density at radius 2 is 1.92 bits per heavy atom. The lowest BCUT2D eigenvalue weighted by Gasteiger charge is -2.58. The van der Waals surface area contributed by atoms with Crippen molar-refractivity contribution in [3.63, 3.8) is 0 Å². The fourth-order valence-corrected chi connectivity index (χ4v) is 6.91. The average molecular weight is 531 g/mol. The molecule has 208 valence electrons. The third-order valence-electron chi connectivity index (χ3n) is 9.33. The van der Waals surface area contributed by atoms with Gasteiger partial charge in [0.15, 0.2) is 0 Å². The maximum Gasteiger partial charge on any atom is 0.331 e. The molecule has 5 aliphatic rings. The Morgan fingerprint density at radius 3 is 2.63 bits per heavy atom. The quantitative estimate of drug-likeness (QED) is 0.314. The Bertz CT molecular complexity index is 1070. The first-order chi connectivity index (χ1) is 18.1. The van der Waals surface area contributed by atoms with Crippen LogP contribution in [0.2, 0.25) is 0 Å². The average Bonchev–Trinajstić information content (AvgIpc) is 3.66. The minimum atomic E-state index is -0.798. The minimum Gasteiger partial charge on any atom is -0.462 e. The molecule has 2 N–H and O–H groups in total. The second kappa shape index (κ2) is 10.4. The number of rotatable bonds is 2. The Labute approximate surface area is 223 Å². The van der Waals surface area contributed by atoms with E-state index in [4.69, 9.17) is 23.7 Å². The SMILES string of the molecule is CC1=C[C@H]2O[C@@H]3CC4OC(=O)/C=C\C=C\[C@H]([C@@H](C)O)OCC/C(CO)=C/C(=O)OC[C@@]2(CC1)[C@]4(C)[C@]31CO1. The summed E-state index contributed by atoms with van der Waals surface area (Å²) >= 11 is 0. The van der Waals surface area contributed by atoms with Gasteiger partial charge in [0.1, 0.15) is 24.4 Å². The molecule has 2 spiro atoms. The standard InChI is InChI=1S/C29H38O9/c1-18-8-10-28-16-35-26(33)13-20(15-30)9-11-34-21(19(2)31)6-4-5-7-25(32)38-22-14-24(37-23(28)12-18)29(17-36-29)27(22,28)3/h4-7,12-13,19,21-24,30-31H,8-11,14-17H2,1-3H3/b6-4+,7-5-,20-13-/t19-,21-,22?,23-,24-,27-,28-,29+/m1/s1. The van der Waals surface area contributed by atoms with Gasteiger partial charge in [0, 0.05) is 24.0 Å². The molecule has 0 radical (unpaired) electrons. The van der Waals surface area contributed by atoms with Crippen LogP contribution in [0.3, 0.4) is 0 Å². The van der Waals surface area contributed by atoms with E-state index in [0.29, 0.717) is 31.4 Å². The molecule has 0 aromatic rings. The molecule has 38 heavy (non-hydrogen) atoms. The third-order valence-corrected chi connectivity index (χ3v) is 9.33. The number of aliphatic hydroxyl groups is 2. The topological polar surface area (TPSA) is 124 Å². The van der Waals surface area contributed by atoms with Crippen molar-refractivity contribution in [1.82, 2.24) is 0 Å². The van der Waals surface area contributed by atoms with Gasteiger partial charge < -0.3 is 33.9 Å². The van der Waals surface area contributed by atoms with E-state index < -0.39 is 46.7 Å². The summed E-state index contributed by atoms with van der Waals surface area (Å²) in [6.45, 7) is 6.19. The smallest absolute Gasteiger partial charge is 0.331 e. The number of cyclic esters (lactones) is 1. The van der Waals surface area contributed by atoms with Gasteiger partial charge in [0.2, 0.25) is 0 Å². The molecule has 0 aromatic carbocycles. The molecule has 3 heterocycles. The minimum absolute atomic E-state index is 0.0665. The molecule has 8 atom stereocenters. The van der Waals surface area contributed by atoms with Crippen LogP contribution in [0.25, 0.3) is 0 Å². The van der Waals surface area contributed by atoms with Crippen LogP contribution in [0.15, 0.2) is 47.6 Å². The zero-order valence-corrected chi connectivity index (χ0v) is 22.3. The van der Waals surface area contributed by atoms with Crippen LogP contribution in [0.1, 0.15) is 46.5 Å². The van der Waals surface area contributed by atoms with Crippen LogP contribution in [-0.2, 0) is 33.3 Å². The highest BCUT2D eigenvalue weighted by molar-refractivity contribution is 5.83. The van der Waals surface area contributed by atoms with Crippen LogP contribution < -0.4 is 0 Å². The third kappa shape index (κ3) is 4.48. The van der Waals surface area contributed by atoms with E-state index in [1.54, 1.807) is 25.2 Å². The molecule has 3 aliphatic heterocycles. The second-order valence-electron chi connectivity index (χ2n) is 11.4. The number of allylic oxidation sites excluding steroid dienone is 3. The van der Waals surface area contributed by atoms with E-state index >= 15 is 0 Å². The summed E-state index contributed by atoms with van der Waals surface area (Å²) in [7, 11) is 0. The molecule has 2 saturated heterocycles. The zero-order chi connectivity index (χ0) is 27.1.